The Hall–Kier alpha value is -2.41. The van der Waals surface area contributed by atoms with Crippen LogP contribution in [0.15, 0.2) is 36.7 Å². The van der Waals surface area contributed by atoms with Crippen molar-refractivity contribution in [1.29, 1.82) is 5.26 Å². The van der Waals surface area contributed by atoms with E-state index >= 15 is 0 Å². The fourth-order valence-corrected chi connectivity index (χ4v) is 1.61. The molecule has 0 aliphatic carbocycles. The van der Waals surface area contributed by atoms with Crippen LogP contribution >= 0.6 is 0 Å². The number of nitriles is 1. The number of aryl methyl sites for hydroxylation is 1. The summed E-state index contributed by atoms with van der Waals surface area (Å²) < 4.78 is 0. The van der Waals surface area contributed by atoms with Gasteiger partial charge in [-0.05, 0) is 31.2 Å². The lowest BCUT2D eigenvalue weighted by atomic mass is 10.2. The summed E-state index contributed by atoms with van der Waals surface area (Å²) in [5, 5.41) is 8.74. The number of anilines is 2. The maximum Gasteiger partial charge on any atom is 0.154 e. The molecule has 4 heteroatoms. The van der Waals surface area contributed by atoms with Crippen molar-refractivity contribution in [3.05, 3.63) is 47.9 Å². The largest absolute Gasteiger partial charge is 0.328 e. The van der Waals surface area contributed by atoms with E-state index in [4.69, 9.17) is 5.26 Å². The molecule has 4 nitrogen and oxygen atoms in total. The highest BCUT2D eigenvalue weighted by molar-refractivity contribution is 5.61. The third-order valence-electron chi connectivity index (χ3n) is 2.56. The van der Waals surface area contributed by atoms with E-state index in [1.165, 1.54) is 0 Å². The number of benzene rings is 1. The van der Waals surface area contributed by atoms with Gasteiger partial charge in [-0.1, -0.05) is 0 Å². The zero-order valence-corrected chi connectivity index (χ0v) is 9.75. The number of hydrogen-bond donors (Lipinski definition) is 0. The van der Waals surface area contributed by atoms with Gasteiger partial charge in [0.25, 0.3) is 0 Å². The fourth-order valence-electron chi connectivity index (χ4n) is 1.61. The van der Waals surface area contributed by atoms with Crippen LogP contribution in [0.25, 0.3) is 0 Å². The van der Waals surface area contributed by atoms with Gasteiger partial charge in [0.05, 0.1) is 17.3 Å². The zero-order valence-electron chi connectivity index (χ0n) is 9.75. The van der Waals surface area contributed by atoms with Crippen LogP contribution in [0.1, 0.15) is 11.3 Å². The Labute approximate surface area is 100 Å². The summed E-state index contributed by atoms with van der Waals surface area (Å²) in [5.41, 5.74) is 2.50. The molecule has 0 unspecified atom stereocenters. The normalized spacial score (nSPS) is 9.71. The molecule has 0 fully saturated rings. The summed E-state index contributed by atoms with van der Waals surface area (Å²) in [6, 6.07) is 9.47. The van der Waals surface area contributed by atoms with E-state index in [9.17, 15) is 0 Å². The highest BCUT2D eigenvalue weighted by Gasteiger charge is 2.08. The second kappa shape index (κ2) is 4.62. The van der Waals surface area contributed by atoms with Gasteiger partial charge in [0.2, 0.25) is 0 Å². The molecule has 0 amide bonds. The van der Waals surface area contributed by atoms with Crippen LogP contribution in [0.3, 0.4) is 0 Å². The van der Waals surface area contributed by atoms with Crippen molar-refractivity contribution in [1.82, 2.24) is 9.97 Å². The van der Waals surface area contributed by atoms with E-state index in [-0.39, 0.29) is 0 Å². The molecule has 1 heterocycles. The summed E-state index contributed by atoms with van der Waals surface area (Å²) in [6.07, 6.45) is 3.34. The summed E-state index contributed by atoms with van der Waals surface area (Å²) in [6.45, 7) is 1.92. The quantitative estimate of drug-likeness (QED) is 0.786. The molecule has 0 N–H and O–H groups in total. The SMILES string of the molecule is Cc1nccnc1N(C)c1ccc(C#N)cc1. The lowest BCUT2D eigenvalue weighted by Gasteiger charge is -2.19. The lowest BCUT2D eigenvalue weighted by molar-refractivity contribution is 1.04. The molecule has 0 radical (unpaired) electrons. The summed E-state index contributed by atoms with van der Waals surface area (Å²) in [5.74, 6) is 0.817. The first-order chi connectivity index (χ1) is 8.22. The molecule has 0 saturated heterocycles. The summed E-state index contributed by atoms with van der Waals surface area (Å²) in [7, 11) is 1.93. The van der Waals surface area contributed by atoms with E-state index in [1.54, 1.807) is 24.5 Å². The number of hydrogen-bond acceptors (Lipinski definition) is 4. The van der Waals surface area contributed by atoms with Crippen LogP contribution in [-0.4, -0.2) is 17.0 Å². The smallest absolute Gasteiger partial charge is 0.154 e. The minimum absolute atomic E-state index is 0.651. The van der Waals surface area contributed by atoms with Crippen LogP contribution in [0.2, 0.25) is 0 Å². The van der Waals surface area contributed by atoms with Crippen molar-refractivity contribution in [2.75, 3.05) is 11.9 Å². The first kappa shape index (κ1) is 11.1. The molecular formula is C13H12N4. The molecule has 2 aromatic rings. The second-order valence-electron chi connectivity index (χ2n) is 3.68. The van der Waals surface area contributed by atoms with Gasteiger partial charge in [0.15, 0.2) is 5.82 Å². The predicted molar refractivity (Wildman–Crippen MR) is 66.0 cm³/mol. The maximum absolute atomic E-state index is 8.74. The van der Waals surface area contributed by atoms with E-state index in [2.05, 4.69) is 16.0 Å². The van der Waals surface area contributed by atoms with Crippen molar-refractivity contribution in [2.24, 2.45) is 0 Å². The number of nitrogens with zero attached hydrogens (tertiary/aromatic N) is 4. The number of rotatable bonds is 2. The monoisotopic (exact) mass is 224 g/mol. The van der Waals surface area contributed by atoms with E-state index in [1.807, 2.05) is 31.0 Å². The summed E-state index contributed by atoms with van der Waals surface area (Å²) >= 11 is 0. The standard InChI is InChI=1S/C13H12N4/c1-10-13(16-8-7-15-10)17(2)12-5-3-11(9-14)4-6-12/h3-8H,1-2H3. The molecule has 0 bridgehead atoms. The van der Waals surface area contributed by atoms with Crippen LogP contribution in [0.4, 0.5) is 11.5 Å². The van der Waals surface area contributed by atoms with Crippen LogP contribution in [0.5, 0.6) is 0 Å². The Morgan fingerprint density at radius 1 is 1.12 bits per heavy atom. The Kier molecular flexibility index (Phi) is 3.01. The molecule has 0 aliphatic heterocycles. The van der Waals surface area contributed by atoms with Gasteiger partial charge in [-0.15, -0.1) is 0 Å². The molecule has 84 valence electrons. The molecule has 0 atom stereocenters. The number of aromatic nitrogens is 2. The van der Waals surface area contributed by atoms with Gasteiger partial charge < -0.3 is 4.90 Å². The van der Waals surface area contributed by atoms with Crippen molar-refractivity contribution in [2.45, 2.75) is 6.92 Å². The average Bonchev–Trinajstić information content (AvgIpc) is 2.39. The Morgan fingerprint density at radius 2 is 1.76 bits per heavy atom. The van der Waals surface area contributed by atoms with Crippen LogP contribution in [-0.2, 0) is 0 Å². The predicted octanol–water partition coefficient (Wildman–Crippen LogP) is 2.42. The fraction of sp³-hybridized carbons (Fsp3) is 0.154. The minimum atomic E-state index is 0.651. The Balaban J connectivity index is 2.34. The minimum Gasteiger partial charge on any atom is -0.328 e. The molecule has 2 rings (SSSR count). The Morgan fingerprint density at radius 3 is 2.35 bits per heavy atom. The molecule has 0 spiro atoms. The van der Waals surface area contributed by atoms with Gasteiger partial charge in [-0.25, -0.2) is 4.98 Å². The third-order valence-corrected chi connectivity index (χ3v) is 2.56. The molecule has 1 aromatic carbocycles. The van der Waals surface area contributed by atoms with E-state index < -0.39 is 0 Å². The first-order valence-corrected chi connectivity index (χ1v) is 5.24. The van der Waals surface area contributed by atoms with Crippen molar-refractivity contribution in [3.8, 4) is 6.07 Å². The average molecular weight is 224 g/mol. The zero-order chi connectivity index (χ0) is 12.3. The molecule has 1 aromatic heterocycles. The van der Waals surface area contributed by atoms with Gasteiger partial charge >= 0.3 is 0 Å². The van der Waals surface area contributed by atoms with Gasteiger partial charge in [-0.2, -0.15) is 5.26 Å². The lowest BCUT2D eigenvalue weighted by Crippen LogP contribution is -2.13. The van der Waals surface area contributed by atoms with Crippen LogP contribution in [0, 0.1) is 18.3 Å². The van der Waals surface area contributed by atoms with E-state index in [0.29, 0.717) is 5.56 Å². The van der Waals surface area contributed by atoms with Crippen molar-refractivity contribution in [3.63, 3.8) is 0 Å². The van der Waals surface area contributed by atoms with E-state index in [0.717, 1.165) is 17.2 Å². The molecule has 17 heavy (non-hydrogen) atoms. The van der Waals surface area contributed by atoms with Crippen molar-refractivity contribution >= 4 is 11.5 Å². The molecular weight excluding hydrogens is 212 g/mol. The second-order valence-corrected chi connectivity index (χ2v) is 3.68. The van der Waals surface area contributed by atoms with Crippen LogP contribution < -0.4 is 4.90 Å². The van der Waals surface area contributed by atoms with Gasteiger partial charge in [0, 0.05) is 25.1 Å². The van der Waals surface area contributed by atoms with Crippen molar-refractivity contribution < 1.29 is 0 Å². The highest BCUT2D eigenvalue weighted by atomic mass is 15.2. The topological polar surface area (TPSA) is 52.8 Å². The van der Waals surface area contributed by atoms with Gasteiger partial charge in [-0.3, -0.25) is 4.98 Å². The van der Waals surface area contributed by atoms with Gasteiger partial charge in [0.1, 0.15) is 0 Å². The molecule has 0 aliphatic rings. The maximum atomic E-state index is 8.74. The Bertz CT molecular complexity index is 554. The summed E-state index contributed by atoms with van der Waals surface area (Å²) in [4.78, 5) is 10.4. The third kappa shape index (κ3) is 2.23. The first-order valence-electron chi connectivity index (χ1n) is 5.24. The highest BCUT2D eigenvalue weighted by Crippen LogP contribution is 2.23. The molecule has 0 saturated carbocycles.